The number of nitrogens with zero attached hydrogens (tertiary/aromatic N) is 1. The van der Waals surface area contributed by atoms with E-state index in [4.69, 9.17) is 4.74 Å². The van der Waals surface area contributed by atoms with E-state index >= 15 is 0 Å². The molecular weight excluding hydrogens is 428 g/mol. The van der Waals surface area contributed by atoms with Crippen molar-refractivity contribution >= 4 is 29.6 Å². The van der Waals surface area contributed by atoms with Crippen LogP contribution in [0.4, 0.5) is 15.3 Å². The number of ether oxygens (including phenoxy) is 1. The summed E-state index contributed by atoms with van der Waals surface area (Å²) in [6.45, 7) is 6.99. The number of anilines is 1. The third kappa shape index (κ3) is 3.35. The first kappa shape index (κ1) is 23.0. The maximum Gasteiger partial charge on any atom is 0.418 e. The van der Waals surface area contributed by atoms with E-state index in [1.807, 2.05) is 27.7 Å². The highest BCUT2D eigenvalue weighted by Crippen LogP contribution is 2.53. The van der Waals surface area contributed by atoms with Crippen molar-refractivity contribution in [1.82, 2.24) is 15.5 Å². The number of hydrogen-bond acceptors (Lipinski definition) is 6. The van der Waals surface area contributed by atoms with Gasteiger partial charge in [0.15, 0.2) is 0 Å². The Morgan fingerprint density at radius 3 is 2.48 bits per heavy atom. The Bertz CT molecular complexity index is 1040. The van der Waals surface area contributed by atoms with Gasteiger partial charge in [0.1, 0.15) is 6.54 Å². The maximum atomic E-state index is 13.3. The van der Waals surface area contributed by atoms with Gasteiger partial charge in [-0.15, -0.1) is 0 Å². The van der Waals surface area contributed by atoms with Gasteiger partial charge in [0.05, 0.1) is 6.10 Å². The summed E-state index contributed by atoms with van der Waals surface area (Å²) in [5.41, 5.74) is -0.588. The van der Waals surface area contributed by atoms with E-state index in [-0.39, 0.29) is 18.5 Å². The van der Waals surface area contributed by atoms with Crippen molar-refractivity contribution in [1.29, 1.82) is 0 Å². The minimum Gasteiger partial charge on any atom is -0.427 e. The first-order valence-electron chi connectivity index (χ1n) is 11.0. The van der Waals surface area contributed by atoms with Crippen molar-refractivity contribution < 1.29 is 29.0 Å². The minimum absolute atomic E-state index is 0.267. The fourth-order valence-electron chi connectivity index (χ4n) is 5.78. The average molecular weight is 459 g/mol. The van der Waals surface area contributed by atoms with Crippen LogP contribution in [0.2, 0.25) is 0 Å². The third-order valence-electron chi connectivity index (χ3n) is 7.35. The standard InChI is InChI=1S/C23H30N4O6/c1-21(2)16(22(3,4)17(21)29)26-15(28)11-27-18(30)23(33-20(27)32)9-8-12-10-13(6-7-14(12)23)25-19(31)24-5/h6-7,10,16-17,29H,8-9,11H2,1-5H3,(H,26,28)(H2,24,25,31). The molecule has 0 aromatic heterocycles. The van der Waals surface area contributed by atoms with Gasteiger partial charge < -0.3 is 25.8 Å². The van der Waals surface area contributed by atoms with Crippen LogP contribution in [-0.4, -0.2) is 59.7 Å². The van der Waals surface area contributed by atoms with Crippen LogP contribution in [0.15, 0.2) is 18.2 Å². The number of nitrogens with one attached hydrogen (secondary N) is 3. The third-order valence-corrected chi connectivity index (χ3v) is 7.35. The lowest BCUT2D eigenvalue weighted by molar-refractivity contribution is -0.185. The van der Waals surface area contributed by atoms with Crippen LogP contribution in [0, 0.1) is 10.8 Å². The van der Waals surface area contributed by atoms with E-state index in [1.54, 1.807) is 18.2 Å². The van der Waals surface area contributed by atoms with E-state index in [2.05, 4.69) is 16.0 Å². The number of hydrogen-bond donors (Lipinski definition) is 4. The molecule has 1 saturated heterocycles. The first-order valence-corrected chi connectivity index (χ1v) is 11.0. The summed E-state index contributed by atoms with van der Waals surface area (Å²) in [7, 11) is 1.51. The lowest BCUT2D eigenvalue weighted by Gasteiger charge is -2.61. The molecule has 1 unspecified atom stereocenters. The number of aliphatic hydroxyl groups excluding tert-OH is 1. The molecular formula is C23H30N4O6. The number of carbonyl (C=O) groups excluding carboxylic acids is 4. The fraction of sp³-hybridized carbons (Fsp3) is 0.565. The Kier molecular flexibility index (Phi) is 5.19. The van der Waals surface area contributed by atoms with Gasteiger partial charge in [-0.1, -0.05) is 33.8 Å². The van der Waals surface area contributed by atoms with E-state index < -0.39 is 47.0 Å². The molecule has 0 bridgehead atoms. The summed E-state index contributed by atoms with van der Waals surface area (Å²) in [5.74, 6) is -1.06. The van der Waals surface area contributed by atoms with Crippen molar-refractivity contribution in [2.24, 2.45) is 10.8 Å². The van der Waals surface area contributed by atoms with Crippen LogP contribution in [0.1, 0.15) is 45.2 Å². The van der Waals surface area contributed by atoms with Crippen molar-refractivity contribution in [3.63, 3.8) is 0 Å². The van der Waals surface area contributed by atoms with Gasteiger partial charge in [-0.2, -0.15) is 0 Å². The van der Waals surface area contributed by atoms with E-state index in [0.29, 0.717) is 17.7 Å². The van der Waals surface area contributed by atoms with Crippen LogP contribution >= 0.6 is 0 Å². The normalized spacial score (nSPS) is 28.7. The Morgan fingerprint density at radius 1 is 1.18 bits per heavy atom. The van der Waals surface area contributed by atoms with Crippen LogP contribution in [0.3, 0.4) is 0 Å². The average Bonchev–Trinajstić information content (AvgIpc) is 3.23. The van der Waals surface area contributed by atoms with Gasteiger partial charge >= 0.3 is 12.1 Å². The molecule has 1 saturated carbocycles. The fourth-order valence-corrected chi connectivity index (χ4v) is 5.78. The van der Waals surface area contributed by atoms with Crippen LogP contribution in [-0.2, 0) is 26.3 Å². The Balaban J connectivity index is 1.49. The van der Waals surface area contributed by atoms with Gasteiger partial charge in [0.25, 0.3) is 5.91 Å². The number of aliphatic hydroxyl groups is 1. The van der Waals surface area contributed by atoms with E-state index in [1.165, 1.54) is 7.05 Å². The highest BCUT2D eigenvalue weighted by atomic mass is 16.6. The largest absolute Gasteiger partial charge is 0.427 e. The molecule has 10 nitrogen and oxygen atoms in total. The van der Waals surface area contributed by atoms with Crippen LogP contribution < -0.4 is 16.0 Å². The second-order valence-electron chi connectivity index (χ2n) is 10.2. The molecule has 1 aromatic rings. The second-order valence-corrected chi connectivity index (χ2v) is 10.2. The molecule has 4 N–H and O–H groups in total. The predicted molar refractivity (Wildman–Crippen MR) is 118 cm³/mol. The minimum atomic E-state index is -1.45. The first-order chi connectivity index (χ1) is 15.3. The molecule has 178 valence electrons. The summed E-state index contributed by atoms with van der Waals surface area (Å²) in [6, 6.07) is 4.39. The van der Waals surface area contributed by atoms with E-state index in [9.17, 15) is 24.3 Å². The highest BCUT2D eigenvalue weighted by molar-refractivity contribution is 6.06. The Labute approximate surface area is 192 Å². The summed E-state index contributed by atoms with van der Waals surface area (Å²) >= 11 is 0. The lowest BCUT2D eigenvalue weighted by Crippen LogP contribution is -2.73. The number of carbonyl (C=O) groups is 4. The van der Waals surface area contributed by atoms with Crippen LogP contribution in [0.25, 0.3) is 0 Å². The molecule has 1 atom stereocenters. The molecule has 1 aromatic carbocycles. The number of rotatable bonds is 4. The smallest absolute Gasteiger partial charge is 0.418 e. The van der Waals surface area contributed by atoms with Crippen LogP contribution in [0.5, 0.6) is 0 Å². The highest BCUT2D eigenvalue weighted by Gasteiger charge is 2.62. The summed E-state index contributed by atoms with van der Waals surface area (Å²) < 4.78 is 5.57. The quantitative estimate of drug-likeness (QED) is 0.539. The molecule has 33 heavy (non-hydrogen) atoms. The van der Waals surface area contributed by atoms with Gasteiger partial charge in [0.2, 0.25) is 11.5 Å². The van der Waals surface area contributed by atoms with Gasteiger partial charge in [-0.25, -0.2) is 14.5 Å². The van der Waals surface area contributed by atoms with Crippen molar-refractivity contribution in [3.05, 3.63) is 29.3 Å². The summed E-state index contributed by atoms with van der Waals surface area (Å²) in [5, 5.41) is 18.4. The zero-order valence-corrected chi connectivity index (χ0v) is 19.4. The van der Waals surface area contributed by atoms with Gasteiger partial charge in [-0.3, -0.25) is 9.59 Å². The number of imide groups is 1. The molecule has 5 amide bonds. The molecule has 1 aliphatic heterocycles. The number of urea groups is 1. The number of aryl methyl sites for hydroxylation is 1. The SMILES string of the molecule is CNC(=O)Nc1ccc2c(c1)CCC21OC(=O)N(CC(=O)NC2C(C)(C)C(O)C2(C)C)C1=O. The number of amides is 5. The van der Waals surface area contributed by atoms with Crippen molar-refractivity contribution in [2.75, 3.05) is 18.9 Å². The van der Waals surface area contributed by atoms with E-state index in [0.717, 1.165) is 10.5 Å². The summed E-state index contributed by atoms with van der Waals surface area (Å²) in [4.78, 5) is 51.1. The summed E-state index contributed by atoms with van der Waals surface area (Å²) in [6.07, 6.45) is -0.694. The molecule has 0 radical (unpaired) electrons. The maximum absolute atomic E-state index is 13.3. The molecule has 1 spiro atoms. The molecule has 1 heterocycles. The number of fused-ring (bicyclic) bond motifs is 2. The predicted octanol–water partition coefficient (Wildman–Crippen LogP) is 1.47. The number of benzene rings is 1. The zero-order chi connectivity index (χ0) is 24.3. The molecule has 4 rings (SSSR count). The van der Waals surface area contributed by atoms with Crippen molar-refractivity contribution in [2.45, 2.75) is 58.3 Å². The van der Waals surface area contributed by atoms with Gasteiger partial charge in [-0.05, 0) is 24.1 Å². The topological polar surface area (TPSA) is 137 Å². The van der Waals surface area contributed by atoms with Gasteiger partial charge in [0, 0.05) is 41.6 Å². The molecule has 10 heteroatoms. The Morgan fingerprint density at radius 2 is 1.85 bits per heavy atom. The monoisotopic (exact) mass is 458 g/mol. The second kappa shape index (κ2) is 7.44. The Hall–Kier alpha value is -3.14. The lowest BCUT2D eigenvalue weighted by atomic mass is 9.49. The molecule has 2 fully saturated rings. The molecule has 2 aliphatic carbocycles. The van der Waals surface area contributed by atoms with Crippen molar-refractivity contribution in [3.8, 4) is 0 Å². The zero-order valence-electron chi connectivity index (χ0n) is 19.4. The molecule has 3 aliphatic rings.